The Morgan fingerprint density at radius 2 is 1.84 bits per heavy atom. The Balaban J connectivity index is 1.56. The molecule has 0 aromatic heterocycles. The number of aliphatic hydroxyl groups excluding tert-OH is 2. The van der Waals surface area contributed by atoms with Gasteiger partial charge in [-0.15, -0.1) is 11.8 Å². The summed E-state index contributed by atoms with van der Waals surface area (Å²) in [6, 6.07) is 0. The molecule has 4 heteroatoms. The van der Waals surface area contributed by atoms with Gasteiger partial charge in [0.15, 0.2) is 0 Å². The zero-order valence-corrected chi connectivity index (χ0v) is 21.5. The summed E-state index contributed by atoms with van der Waals surface area (Å²) in [6.07, 6.45) is 13.5. The Kier molecular flexibility index (Phi) is 6.84. The number of hydrogen-bond acceptors (Lipinski definition) is 4. The van der Waals surface area contributed by atoms with Gasteiger partial charge >= 0.3 is 0 Å². The van der Waals surface area contributed by atoms with Gasteiger partial charge in [-0.1, -0.05) is 82.4 Å². The van der Waals surface area contributed by atoms with E-state index in [9.17, 15) is 15.3 Å². The van der Waals surface area contributed by atoms with Gasteiger partial charge in [0.05, 0.1) is 12.2 Å². The second-order valence-electron chi connectivity index (χ2n) is 11.3. The highest BCUT2D eigenvalue weighted by Gasteiger charge is 2.58. The maximum absolute atomic E-state index is 11.5. The minimum Gasteiger partial charge on any atom is -0.392 e. The Labute approximate surface area is 199 Å². The van der Waals surface area contributed by atoms with E-state index < -0.39 is 17.1 Å². The van der Waals surface area contributed by atoms with E-state index in [4.69, 9.17) is 0 Å². The van der Waals surface area contributed by atoms with E-state index in [2.05, 4.69) is 52.8 Å². The molecule has 0 aromatic rings. The molecule has 4 aliphatic rings. The van der Waals surface area contributed by atoms with Crippen LogP contribution in [0.2, 0.25) is 0 Å². The van der Waals surface area contributed by atoms with Gasteiger partial charge < -0.3 is 15.3 Å². The van der Waals surface area contributed by atoms with Crippen molar-refractivity contribution in [1.29, 1.82) is 0 Å². The first-order valence-corrected chi connectivity index (χ1v) is 13.9. The number of thioether (sulfide) groups is 1. The predicted octanol–water partition coefficient (Wildman–Crippen LogP) is 6.01. The van der Waals surface area contributed by atoms with Gasteiger partial charge in [0, 0.05) is 24.0 Å². The summed E-state index contributed by atoms with van der Waals surface area (Å²) in [5, 5.41) is 33.5. The van der Waals surface area contributed by atoms with E-state index in [0.717, 1.165) is 32.1 Å². The molecule has 32 heavy (non-hydrogen) atoms. The van der Waals surface area contributed by atoms with Gasteiger partial charge in [0.1, 0.15) is 4.93 Å². The molecule has 0 radical (unpaired) electrons. The molecule has 0 spiro atoms. The topological polar surface area (TPSA) is 60.7 Å². The Morgan fingerprint density at radius 1 is 1.12 bits per heavy atom. The van der Waals surface area contributed by atoms with Crippen LogP contribution in [0.25, 0.3) is 0 Å². The number of rotatable bonds is 7. The van der Waals surface area contributed by atoms with Crippen LogP contribution in [-0.2, 0) is 0 Å². The summed E-state index contributed by atoms with van der Waals surface area (Å²) >= 11 is 1.45. The molecule has 4 aliphatic carbocycles. The molecule has 0 unspecified atom stereocenters. The van der Waals surface area contributed by atoms with Crippen molar-refractivity contribution in [2.75, 3.05) is 5.75 Å². The fourth-order valence-corrected chi connectivity index (χ4v) is 8.88. The van der Waals surface area contributed by atoms with Gasteiger partial charge in [-0.3, -0.25) is 0 Å². The lowest BCUT2D eigenvalue weighted by molar-refractivity contribution is -0.0599. The highest BCUT2D eigenvalue weighted by atomic mass is 32.2. The lowest BCUT2D eigenvalue weighted by Gasteiger charge is -2.57. The van der Waals surface area contributed by atoms with Gasteiger partial charge in [-0.2, -0.15) is 0 Å². The molecule has 3 N–H and O–H groups in total. The maximum Gasteiger partial charge on any atom is 0.116 e. The van der Waals surface area contributed by atoms with Gasteiger partial charge in [0.25, 0.3) is 0 Å². The molecule has 180 valence electrons. The number of allylic oxidation sites excluding steroid dienone is 5. The van der Waals surface area contributed by atoms with E-state index in [1.54, 1.807) is 5.57 Å². The molecule has 0 amide bonds. The Morgan fingerprint density at radius 3 is 2.50 bits per heavy atom. The van der Waals surface area contributed by atoms with Crippen molar-refractivity contribution >= 4 is 11.8 Å². The minimum atomic E-state index is -1.00. The molecule has 7 atom stereocenters. The van der Waals surface area contributed by atoms with Crippen LogP contribution < -0.4 is 0 Å². The van der Waals surface area contributed by atoms with Gasteiger partial charge in [-0.25, -0.2) is 0 Å². The number of aliphatic hydroxyl groups is 3. The average Bonchev–Trinajstić information content (AvgIpc) is 3.11. The predicted molar refractivity (Wildman–Crippen MR) is 134 cm³/mol. The van der Waals surface area contributed by atoms with Crippen LogP contribution in [0.3, 0.4) is 0 Å². The first-order chi connectivity index (χ1) is 15.1. The largest absolute Gasteiger partial charge is 0.392 e. The van der Waals surface area contributed by atoms with Crippen molar-refractivity contribution in [3.05, 3.63) is 34.9 Å². The summed E-state index contributed by atoms with van der Waals surface area (Å²) in [5.74, 6) is 1.72. The SMILES string of the molecule is CCC1=CC[C@H]2C3=CC=C4C[C@](O)(SC[C@@H](O)C(CC)CC)C[C@H](O)[C@]4(C)[C@H]3CC[C@]12C. The third kappa shape index (κ3) is 3.78. The van der Waals surface area contributed by atoms with Gasteiger partial charge in [-0.05, 0) is 48.9 Å². The van der Waals surface area contributed by atoms with E-state index in [-0.39, 0.29) is 16.7 Å². The van der Waals surface area contributed by atoms with Crippen LogP contribution in [0.1, 0.15) is 86.0 Å². The van der Waals surface area contributed by atoms with E-state index in [1.807, 2.05) is 0 Å². The minimum absolute atomic E-state index is 0.272. The first kappa shape index (κ1) is 24.6. The van der Waals surface area contributed by atoms with Crippen LogP contribution in [0.5, 0.6) is 0 Å². The maximum atomic E-state index is 11.5. The van der Waals surface area contributed by atoms with Crippen molar-refractivity contribution in [2.45, 2.75) is 103 Å². The number of fused-ring (bicyclic) bond motifs is 5. The molecule has 0 saturated heterocycles. The Bertz CT molecular complexity index is 811. The van der Waals surface area contributed by atoms with E-state index in [1.165, 1.54) is 29.3 Å². The summed E-state index contributed by atoms with van der Waals surface area (Å²) in [6.45, 7) is 11.2. The molecule has 0 heterocycles. The molecule has 0 bridgehead atoms. The molecule has 2 saturated carbocycles. The molecule has 2 fully saturated rings. The third-order valence-corrected chi connectivity index (χ3v) is 11.3. The van der Waals surface area contributed by atoms with Crippen molar-refractivity contribution in [3.63, 3.8) is 0 Å². The normalized spacial score (nSPS) is 41.9. The quantitative estimate of drug-likeness (QED) is 0.322. The lowest BCUT2D eigenvalue weighted by Crippen LogP contribution is -2.54. The summed E-state index contributed by atoms with van der Waals surface area (Å²) in [4.78, 5) is -1.00. The smallest absolute Gasteiger partial charge is 0.116 e. The van der Waals surface area contributed by atoms with Crippen molar-refractivity contribution < 1.29 is 15.3 Å². The third-order valence-electron chi connectivity index (χ3n) is 9.92. The zero-order valence-electron chi connectivity index (χ0n) is 20.7. The van der Waals surface area contributed by atoms with Crippen LogP contribution in [0, 0.1) is 28.6 Å². The highest BCUT2D eigenvalue weighted by Crippen LogP contribution is 2.65. The molecular weight excluding hydrogens is 416 g/mol. The zero-order chi connectivity index (χ0) is 23.3. The number of hydrogen-bond donors (Lipinski definition) is 3. The van der Waals surface area contributed by atoms with Crippen molar-refractivity contribution in [1.82, 2.24) is 0 Å². The lowest BCUT2D eigenvalue weighted by atomic mass is 9.49. The van der Waals surface area contributed by atoms with Crippen LogP contribution in [-0.4, -0.2) is 38.2 Å². The van der Waals surface area contributed by atoms with Crippen molar-refractivity contribution in [3.8, 4) is 0 Å². The standard InChI is InChI=1S/C28H44O3S/c1-6-18(7-2)24(29)17-32-28(31)15-20-9-11-21-22-12-10-19(8-3)26(22,4)14-13-23(21)27(20,5)25(30)16-28/h9-11,18,22-25,29-31H,6-8,12-17H2,1-5H3/t22-,23-,24+,25-,26+,27-,28-/m0/s1. The van der Waals surface area contributed by atoms with Crippen molar-refractivity contribution in [2.24, 2.45) is 28.6 Å². The summed E-state index contributed by atoms with van der Waals surface area (Å²) < 4.78 is 0. The fourth-order valence-electron chi connectivity index (χ4n) is 7.60. The first-order valence-electron chi connectivity index (χ1n) is 13.0. The van der Waals surface area contributed by atoms with Crippen LogP contribution >= 0.6 is 11.8 Å². The molecule has 0 aliphatic heterocycles. The average molecular weight is 461 g/mol. The molecule has 4 rings (SSSR count). The monoisotopic (exact) mass is 460 g/mol. The Hall–Kier alpha value is -0.550. The molecular formula is C28H44O3S. The van der Waals surface area contributed by atoms with Crippen LogP contribution in [0.15, 0.2) is 34.9 Å². The van der Waals surface area contributed by atoms with E-state index >= 15 is 0 Å². The molecule has 3 nitrogen and oxygen atoms in total. The second-order valence-corrected chi connectivity index (χ2v) is 12.7. The summed E-state index contributed by atoms with van der Waals surface area (Å²) in [5.41, 5.74) is 4.34. The highest BCUT2D eigenvalue weighted by molar-refractivity contribution is 8.00. The summed E-state index contributed by atoms with van der Waals surface area (Å²) in [7, 11) is 0. The van der Waals surface area contributed by atoms with Gasteiger partial charge in [0.2, 0.25) is 0 Å². The second kappa shape index (κ2) is 8.91. The molecule has 0 aromatic carbocycles. The fraction of sp³-hybridized carbons (Fsp3) is 0.786. The van der Waals surface area contributed by atoms with Crippen LogP contribution in [0.4, 0.5) is 0 Å². The van der Waals surface area contributed by atoms with E-state index in [0.29, 0.717) is 30.4 Å².